The van der Waals surface area contributed by atoms with Gasteiger partial charge < -0.3 is 14.0 Å². The van der Waals surface area contributed by atoms with Crippen LogP contribution in [0.1, 0.15) is 104 Å². The fourth-order valence-corrected chi connectivity index (χ4v) is 11.6. The van der Waals surface area contributed by atoms with E-state index < -0.39 is 19.9 Å². The molecule has 349 valence electrons. The zero-order valence-corrected chi connectivity index (χ0v) is 45.0. The fourth-order valence-electron chi connectivity index (χ4n) is 10.0. The SMILES string of the molecule is [2H]C(C)(C)c1c[c-]c(-c2nc3ccc4ccccc4c3n2-c2c(C(C)C)cccc2C(C)C)c2oc3cc4c(ccc5ccccc54)cc3c12.[2H]C(C)(C)c1cc(-c2[c-]cccc2)ncc1[Si](C)(C)C.[Ir]. The number of hydrogen-bond acceptors (Lipinski definition) is 3. The van der Waals surface area contributed by atoms with Gasteiger partial charge in [-0.3, -0.25) is 4.98 Å². The van der Waals surface area contributed by atoms with Crippen LogP contribution in [0.2, 0.25) is 19.6 Å². The summed E-state index contributed by atoms with van der Waals surface area (Å²) < 4.78 is 27.1. The molecule has 0 saturated heterocycles. The van der Waals surface area contributed by atoms with Crippen molar-refractivity contribution < 1.29 is 27.3 Å². The van der Waals surface area contributed by atoms with Crippen molar-refractivity contribution in [2.24, 2.45) is 0 Å². The molecule has 0 amide bonds. The maximum atomic E-state index is 9.24. The van der Waals surface area contributed by atoms with Gasteiger partial charge in [0.1, 0.15) is 5.58 Å². The largest absolute Gasteiger partial charge is 0.501 e. The van der Waals surface area contributed by atoms with Gasteiger partial charge in [-0.15, -0.1) is 53.6 Å². The molecule has 11 aromatic rings. The molecule has 0 aliphatic heterocycles. The number of rotatable bonds is 8. The number of pyridine rings is 1. The van der Waals surface area contributed by atoms with E-state index in [0.717, 1.165) is 77.3 Å². The van der Waals surface area contributed by atoms with E-state index in [-0.39, 0.29) is 31.9 Å². The van der Waals surface area contributed by atoms with Gasteiger partial charge in [-0.2, -0.15) is 0 Å². The molecule has 0 spiro atoms. The van der Waals surface area contributed by atoms with Gasteiger partial charge in [0.25, 0.3) is 0 Å². The van der Waals surface area contributed by atoms with Crippen molar-refractivity contribution in [1.29, 1.82) is 0 Å². The van der Waals surface area contributed by atoms with Gasteiger partial charge in [-0.05, 0) is 84.9 Å². The van der Waals surface area contributed by atoms with Crippen molar-refractivity contribution in [1.82, 2.24) is 14.5 Å². The van der Waals surface area contributed by atoms with Crippen LogP contribution in [0.3, 0.4) is 0 Å². The normalized spacial score (nSPS) is 12.8. The first-order chi connectivity index (χ1) is 33.3. The average Bonchev–Trinajstić information content (AvgIpc) is 3.91. The van der Waals surface area contributed by atoms with Crippen LogP contribution in [0.15, 0.2) is 150 Å². The first-order valence-electron chi connectivity index (χ1n) is 25.0. The van der Waals surface area contributed by atoms with Crippen molar-refractivity contribution in [3.63, 3.8) is 0 Å². The molecule has 69 heavy (non-hydrogen) atoms. The third kappa shape index (κ3) is 8.66. The van der Waals surface area contributed by atoms with Crippen molar-refractivity contribution >= 4 is 78.5 Å². The Kier molecular flexibility index (Phi) is 12.4. The number of hydrogen-bond donors (Lipinski definition) is 0. The minimum absolute atomic E-state index is 0. The molecule has 6 heteroatoms. The van der Waals surface area contributed by atoms with Crippen LogP contribution in [0.5, 0.6) is 0 Å². The summed E-state index contributed by atoms with van der Waals surface area (Å²) in [5.74, 6) is -0.129. The predicted molar refractivity (Wildman–Crippen MR) is 293 cm³/mol. The van der Waals surface area contributed by atoms with Crippen LogP contribution in [0.4, 0.5) is 0 Å². The molecular formula is C63H61IrN3OSi-2. The van der Waals surface area contributed by atoms with Gasteiger partial charge in [-0.1, -0.05) is 188 Å². The molecule has 0 N–H and O–H groups in total. The molecule has 0 aliphatic rings. The Labute approximate surface area is 425 Å². The van der Waals surface area contributed by atoms with Crippen LogP contribution in [-0.4, -0.2) is 22.6 Å². The summed E-state index contributed by atoms with van der Waals surface area (Å²) in [5, 5.41) is 10.2. The van der Waals surface area contributed by atoms with Crippen molar-refractivity contribution in [3.8, 4) is 28.3 Å². The van der Waals surface area contributed by atoms with E-state index in [2.05, 4.69) is 178 Å². The fraction of sp³-hybridized carbons (Fsp3) is 0.238. The predicted octanol–water partition coefficient (Wildman–Crippen LogP) is 17.4. The smallest absolute Gasteiger partial charge is 0.121 e. The van der Waals surface area contributed by atoms with Crippen LogP contribution in [0.25, 0.3) is 93.6 Å². The Bertz CT molecular complexity index is 3770. The number of benzene rings is 8. The van der Waals surface area contributed by atoms with Gasteiger partial charge in [0, 0.05) is 45.5 Å². The van der Waals surface area contributed by atoms with Gasteiger partial charge >= 0.3 is 0 Å². The first-order valence-corrected chi connectivity index (χ1v) is 27.5. The molecule has 0 atom stereocenters. The molecule has 0 fully saturated rings. The third-order valence-electron chi connectivity index (χ3n) is 13.5. The molecule has 8 aromatic carbocycles. The van der Waals surface area contributed by atoms with Gasteiger partial charge in [0.05, 0.1) is 30.5 Å². The van der Waals surface area contributed by atoms with E-state index in [1.807, 2.05) is 64.2 Å². The first kappa shape index (κ1) is 45.3. The van der Waals surface area contributed by atoms with E-state index in [4.69, 9.17) is 10.8 Å². The molecule has 11 rings (SSSR count). The topological polar surface area (TPSA) is 43.9 Å². The summed E-state index contributed by atoms with van der Waals surface area (Å²) in [5.41, 5.74) is 11.9. The second-order valence-corrected chi connectivity index (χ2v) is 25.4. The zero-order chi connectivity index (χ0) is 49.4. The summed E-state index contributed by atoms with van der Waals surface area (Å²) >= 11 is 0. The van der Waals surface area contributed by atoms with E-state index in [9.17, 15) is 1.37 Å². The number of imidazole rings is 1. The Morgan fingerprint density at radius 2 is 1.25 bits per heavy atom. The second kappa shape index (κ2) is 19.0. The molecule has 0 bridgehead atoms. The van der Waals surface area contributed by atoms with Crippen LogP contribution in [0, 0.1) is 12.1 Å². The zero-order valence-electron chi connectivity index (χ0n) is 43.6. The van der Waals surface area contributed by atoms with E-state index >= 15 is 0 Å². The summed E-state index contributed by atoms with van der Waals surface area (Å²) in [4.78, 5) is 10.1. The summed E-state index contributed by atoms with van der Waals surface area (Å²) in [7, 11) is -1.50. The van der Waals surface area contributed by atoms with Crippen molar-refractivity contribution in [2.75, 3.05) is 0 Å². The standard InChI is InChI=1S/C46H39N2O.C17H22NSi.Ir/c1-26(2)32-21-22-37(45-42(32)39-24-31-19-18-29-12-7-9-14-35(29)38(31)25-41(39)49-45)46-47-40-23-20-30-13-8-10-15-36(30)44(40)48(46)43-33(27(3)4)16-11-17-34(43)28(5)6;1-13(2)15-11-16(14-9-7-6-8-10-14)18-12-17(15)19(3,4)5;/h7-21,23-28H,1-6H3;6-9,11-13H,1-5H3;/q2*-1;/i26D;13D;. The Morgan fingerprint density at radius 3 is 1.90 bits per heavy atom. The quantitative estimate of drug-likeness (QED) is 0.0865. The van der Waals surface area contributed by atoms with E-state index in [1.54, 1.807) is 0 Å². The number of aromatic nitrogens is 3. The maximum Gasteiger partial charge on any atom is 0.121 e. The molecule has 0 saturated carbocycles. The molecule has 4 nitrogen and oxygen atoms in total. The van der Waals surface area contributed by atoms with Crippen LogP contribution >= 0.6 is 0 Å². The average molecular weight is 1100 g/mol. The Morgan fingerprint density at radius 1 is 0.609 bits per heavy atom. The van der Waals surface area contributed by atoms with Crippen molar-refractivity contribution in [2.45, 2.75) is 98.7 Å². The molecular weight excluding hydrogens is 1040 g/mol. The third-order valence-corrected chi connectivity index (χ3v) is 15.5. The van der Waals surface area contributed by atoms with E-state index in [1.165, 1.54) is 38.2 Å². The van der Waals surface area contributed by atoms with Gasteiger partial charge in [-0.25, -0.2) is 0 Å². The maximum absolute atomic E-state index is 9.24. The molecule has 0 unspecified atom stereocenters. The van der Waals surface area contributed by atoms with Crippen molar-refractivity contribution in [3.05, 3.63) is 180 Å². The van der Waals surface area contributed by atoms with Gasteiger partial charge in [0.2, 0.25) is 0 Å². The molecule has 3 aromatic heterocycles. The number of fused-ring (bicyclic) bond motifs is 9. The minimum Gasteiger partial charge on any atom is -0.501 e. The number of para-hydroxylation sites is 1. The van der Waals surface area contributed by atoms with Gasteiger partial charge in [0.15, 0.2) is 0 Å². The van der Waals surface area contributed by atoms with Crippen LogP contribution in [-0.2, 0) is 20.1 Å². The summed E-state index contributed by atoms with van der Waals surface area (Å²) in [6.07, 6.45) is 1.98. The summed E-state index contributed by atoms with van der Waals surface area (Å²) in [6.45, 7) is 23.7. The Balaban J connectivity index is 0.000000251. The molecule has 0 aliphatic carbocycles. The summed E-state index contributed by atoms with van der Waals surface area (Å²) in [6, 6.07) is 55.7. The minimum atomic E-state index is -1.50. The Hall–Kier alpha value is -6.17. The molecule has 1 radical (unpaired) electrons. The van der Waals surface area contributed by atoms with E-state index in [0.29, 0.717) is 5.58 Å². The molecule has 3 heterocycles. The monoisotopic (exact) mass is 1100 g/mol. The van der Waals surface area contributed by atoms with Crippen LogP contribution < -0.4 is 5.19 Å². The number of furan rings is 1. The number of nitrogens with zero attached hydrogens (tertiary/aromatic N) is 3. The second-order valence-electron chi connectivity index (χ2n) is 20.4.